The van der Waals surface area contributed by atoms with Crippen molar-refractivity contribution >= 4 is 5.97 Å². The number of hydrogen-bond acceptors (Lipinski definition) is 4. The van der Waals surface area contributed by atoms with Gasteiger partial charge in [0.1, 0.15) is 5.75 Å². The fourth-order valence-corrected chi connectivity index (χ4v) is 1.40. The van der Waals surface area contributed by atoms with E-state index in [0.717, 1.165) is 0 Å². The minimum absolute atomic E-state index is 0.382. The third-order valence-corrected chi connectivity index (χ3v) is 2.09. The minimum Gasteiger partial charge on any atom is -0.455 e. The maximum Gasteiger partial charge on any atom is 0.338 e. The summed E-state index contributed by atoms with van der Waals surface area (Å²) in [6.07, 6.45) is 1.09. The Labute approximate surface area is 108 Å². The number of para-hydroxylation sites is 1. The normalized spacial score (nSPS) is 12.8. The Kier molecular flexibility index (Phi) is 5.24. The van der Waals surface area contributed by atoms with E-state index in [1.54, 1.807) is 24.9 Å². The summed E-state index contributed by atoms with van der Waals surface area (Å²) in [5, 5.41) is 0. The first-order valence-corrected chi connectivity index (χ1v) is 5.76. The van der Waals surface area contributed by atoms with E-state index in [1.165, 1.54) is 0 Å². The minimum atomic E-state index is -0.620. The molecule has 4 heteroatoms. The molecule has 0 fully saturated rings. The molecule has 98 valence electrons. The summed E-state index contributed by atoms with van der Waals surface area (Å²) in [7, 11) is 3.70. The summed E-state index contributed by atoms with van der Waals surface area (Å²) in [4.78, 5) is 13.5. The quantitative estimate of drug-likeness (QED) is 0.456. The number of esters is 1. The SMILES string of the molecule is C/C(=C\N(C)C)C(=O)OC(C)Oc1ccccc1. The summed E-state index contributed by atoms with van der Waals surface area (Å²) in [5.74, 6) is 0.291. The van der Waals surface area contributed by atoms with Gasteiger partial charge in [-0.15, -0.1) is 0 Å². The average molecular weight is 249 g/mol. The molecule has 0 aliphatic heterocycles. The van der Waals surface area contributed by atoms with E-state index in [2.05, 4.69) is 0 Å². The Morgan fingerprint density at radius 2 is 1.89 bits per heavy atom. The van der Waals surface area contributed by atoms with E-state index in [9.17, 15) is 4.79 Å². The molecule has 0 aromatic heterocycles. The zero-order valence-corrected chi connectivity index (χ0v) is 11.2. The standard InChI is InChI=1S/C14H19NO3/c1-11(10-15(3)4)14(16)18-12(2)17-13-8-6-5-7-9-13/h5-10,12H,1-4H3/b11-10+. The predicted molar refractivity (Wildman–Crippen MR) is 70.1 cm³/mol. The third kappa shape index (κ3) is 4.91. The number of nitrogens with zero attached hydrogens (tertiary/aromatic N) is 1. The highest BCUT2D eigenvalue weighted by molar-refractivity contribution is 5.87. The zero-order chi connectivity index (χ0) is 13.5. The van der Waals surface area contributed by atoms with Crippen molar-refractivity contribution < 1.29 is 14.3 Å². The van der Waals surface area contributed by atoms with Crippen LogP contribution in [0.2, 0.25) is 0 Å². The van der Waals surface area contributed by atoms with Crippen molar-refractivity contribution in [3.63, 3.8) is 0 Å². The van der Waals surface area contributed by atoms with E-state index in [0.29, 0.717) is 11.3 Å². The third-order valence-electron chi connectivity index (χ3n) is 2.09. The van der Waals surface area contributed by atoms with Gasteiger partial charge in [0.15, 0.2) is 0 Å². The van der Waals surface area contributed by atoms with E-state index in [1.807, 2.05) is 44.4 Å². The summed E-state index contributed by atoms with van der Waals surface area (Å²) >= 11 is 0. The van der Waals surface area contributed by atoms with Gasteiger partial charge in [-0.2, -0.15) is 0 Å². The Morgan fingerprint density at radius 3 is 2.44 bits per heavy atom. The Morgan fingerprint density at radius 1 is 1.28 bits per heavy atom. The predicted octanol–water partition coefficient (Wildman–Crippen LogP) is 2.42. The molecule has 0 saturated carbocycles. The molecule has 0 saturated heterocycles. The lowest BCUT2D eigenvalue weighted by atomic mass is 10.3. The second-order valence-corrected chi connectivity index (χ2v) is 4.18. The van der Waals surface area contributed by atoms with Crippen molar-refractivity contribution in [2.24, 2.45) is 0 Å². The number of carbonyl (C=O) groups is 1. The lowest BCUT2D eigenvalue weighted by Gasteiger charge is -2.16. The molecule has 18 heavy (non-hydrogen) atoms. The number of carbonyl (C=O) groups excluding carboxylic acids is 1. The van der Waals surface area contributed by atoms with Gasteiger partial charge in [0, 0.05) is 32.8 Å². The van der Waals surface area contributed by atoms with Gasteiger partial charge in [-0.05, 0) is 19.1 Å². The highest BCUT2D eigenvalue weighted by atomic mass is 16.7. The van der Waals surface area contributed by atoms with Crippen molar-refractivity contribution in [3.05, 3.63) is 42.1 Å². The highest BCUT2D eigenvalue weighted by Crippen LogP contribution is 2.12. The number of benzene rings is 1. The van der Waals surface area contributed by atoms with Gasteiger partial charge < -0.3 is 14.4 Å². The molecule has 1 aromatic rings. The molecule has 0 aliphatic rings. The van der Waals surface area contributed by atoms with Crippen LogP contribution in [0, 0.1) is 0 Å². The summed E-state index contributed by atoms with van der Waals surface area (Å²) in [6.45, 7) is 3.39. The molecule has 0 radical (unpaired) electrons. The molecule has 4 nitrogen and oxygen atoms in total. The molecule has 0 N–H and O–H groups in total. The van der Waals surface area contributed by atoms with Gasteiger partial charge in [0.25, 0.3) is 0 Å². The van der Waals surface area contributed by atoms with Crippen molar-refractivity contribution in [3.8, 4) is 5.75 Å². The summed E-state index contributed by atoms with van der Waals surface area (Å²) in [5.41, 5.74) is 0.531. The van der Waals surface area contributed by atoms with Gasteiger partial charge in [-0.3, -0.25) is 0 Å². The van der Waals surface area contributed by atoms with Crippen LogP contribution in [0.1, 0.15) is 13.8 Å². The molecule has 0 amide bonds. The van der Waals surface area contributed by atoms with Crippen molar-refractivity contribution in [2.75, 3.05) is 14.1 Å². The molecule has 0 aliphatic carbocycles. The second-order valence-electron chi connectivity index (χ2n) is 4.18. The van der Waals surface area contributed by atoms with Crippen LogP contribution in [-0.4, -0.2) is 31.3 Å². The van der Waals surface area contributed by atoms with Gasteiger partial charge in [0.2, 0.25) is 6.29 Å². The molecule has 1 unspecified atom stereocenters. The number of hydrogen-bond donors (Lipinski definition) is 0. The maximum absolute atomic E-state index is 11.7. The van der Waals surface area contributed by atoms with Crippen LogP contribution in [0.25, 0.3) is 0 Å². The van der Waals surface area contributed by atoms with Crippen molar-refractivity contribution in [1.82, 2.24) is 4.90 Å². The number of ether oxygens (including phenoxy) is 2. The smallest absolute Gasteiger partial charge is 0.338 e. The molecule has 1 atom stereocenters. The van der Waals surface area contributed by atoms with E-state index < -0.39 is 6.29 Å². The Balaban J connectivity index is 2.50. The van der Waals surface area contributed by atoms with Gasteiger partial charge >= 0.3 is 5.97 Å². The van der Waals surface area contributed by atoms with Crippen LogP contribution >= 0.6 is 0 Å². The first-order valence-electron chi connectivity index (χ1n) is 5.76. The molecular formula is C14H19NO3. The Hall–Kier alpha value is -1.97. The fourth-order valence-electron chi connectivity index (χ4n) is 1.40. The lowest BCUT2D eigenvalue weighted by molar-refractivity contribution is -0.156. The first-order chi connectivity index (χ1) is 8.49. The molecular weight excluding hydrogens is 230 g/mol. The lowest BCUT2D eigenvalue weighted by Crippen LogP contribution is -2.22. The van der Waals surface area contributed by atoms with Crippen LogP contribution in [-0.2, 0) is 9.53 Å². The van der Waals surface area contributed by atoms with Crippen LogP contribution < -0.4 is 4.74 Å². The van der Waals surface area contributed by atoms with Gasteiger partial charge in [-0.25, -0.2) is 4.79 Å². The van der Waals surface area contributed by atoms with Crippen molar-refractivity contribution in [2.45, 2.75) is 20.1 Å². The zero-order valence-electron chi connectivity index (χ0n) is 11.2. The molecule has 0 bridgehead atoms. The van der Waals surface area contributed by atoms with Gasteiger partial charge in [-0.1, -0.05) is 18.2 Å². The fraction of sp³-hybridized carbons (Fsp3) is 0.357. The molecule has 1 rings (SSSR count). The second kappa shape index (κ2) is 6.69. The average Bonchev–Trinajstić information content (AvgIpc) is 2.29. The molecule has 0 spiro atoms. The van der Waals surface area contributed by atoms with E-state index in [4.69, 9.17) is 9.47 Å². The molecule has 0 heterocycles. The monoisotopic (exact) mass is 249 g/mol. The number of rotatable bonds is 5. The van der Waals surface area contributed by atoms with Crippen LogP contribution in [0.4, 0.5) is 0 Å². The van der Waals surface area contributed by atoms with E-state index >= 15 is 0 Å². The molecule has 1 aromatic carbocycles. The van der Waals surface area contributed by atoms with Crippen molar-refractivity contribution in [1.29, 1.82) is 0 Å². The maximum atomic E-state index is 11.7. The first kappa shape index (κ1) is 14.1. The van der Waals surface area contributed by atoms with Crippen LogP contribution in [0.5, 0.6) is 5.75 Å². The topological polar surface area (TPSA) is 38.8 Å². The van der Waals surface area contributed by atoms with Gasteiger partial charge in [0.05, 0.1) is 0 Å². The summed E-state index contributed by atoms with van der Waals surface area (Å²) in [6, 6.07) is 9.25. The summed E-state index contributed by atoms with van der Waals surface area (Å²) < 4.78 is 10.6. The van der Waals surface area contributed by atoms with E-state index in [-0.39, 0.29) is 5.97 Å². The van der Waals surface area contributed by atoms with Crippen LogP contribution in [0.3, 0.4) is 0 Å². The highest BCUT2D eigenvalue weighted by Gasteiger charge is 2.12. The largest absolute Gasteiger partial charge is 0.455 e. The van der Waals surface area contributed by atoms with Crippen LogP contribution in [0.15, 0.2) is 42.1 Å². The Bertz CT molecular complexity index is 412.